The molecule has 4 nitrogen and oxygen atoms in total. The summed E-state index contributed by atoms with van der Waals surface area (Å²) in [7, 11) is 0. The SMILES string of the molecule is CC(=O)NC1CCC(Nc2ccc(F)cc2OC(F)F)CC1. The van der Waals surface area contributed by atoms with Crippen molar-refractivity contribution < 1.29 is 22.7 Å². The van der Waals surface area contributed by atoms with Crippen LogP contribution in [0.5, 0.6) is 5.75 Å². The van der Waals surface area contributed by atoms with Crippen LogP contribution in [-0.4, -0.2) is 24.6 Å². The number of anilines is 1. The summed E-state index contributed by atoms with van der Waals surface area (Å²) >= 11 is 0. The van der Waals surface area contributed by atoms with Gasteiger partial charge in [0.1, 0.15) is 5.82 Å². The maximum atomic E-state index is 13.2. The van der Waals surface area contributed by atoms with E-state index in [0.29, 0.717) is 5.69 Å². The normalized spacial score (nSPS) is 21.5. The van der Waals surface area contributed by atoms with E-state index in [1.165, 1.54) is 19.1 Å². The van der Waals surface area contributed by atoms with Crippen molar-refractivity contribution in [3.05, 3.63) is 24.0 Å². The molecule has 122 valence electrons. The molecule has 0 unspecified atom stereocenters. The molecule has 1 fully saturated rings. The third-order valence-corrected chi connectivity index (χ3v) is 3.65. The number of rotatable bonds is 5. The zero-order valence-corrected chi connectivity index (χ0v) is 12.2. The highest BCUT2D eigenvalue weighted by molar-refractivity contribution is 5.73. The fourth-order valence-electron chi connectivity index (χ4n) is 2.70. The highest BCUT2D eigenvalue weighted by Crippen LogP contribution is 2.30. The minimum atomic E-state index is -3.00. The van der Waals surface area contributed by atoms with E-state index in [-0.39, 0.29) is 23.7 Å². The standard InChI is InChI=1S/C15H19F3N2O2/c1-9(21)19-11-3-5-12(6-4-11)20-13-7-2-10(16)8-14(13)22-15(17)18/h2,7-8,11-12,15,20H,3-6H2,1H3,(H,19,21). The highest BCUT2D eigenvalue weighted by atomic mass is 19.3. The largest absolute Gasteiger partial charge is 0.433 e. The van der Waals surface area contributed by atoms with Crippen LogP contribution in [0.1, 0.15) is 32.6 Å². The number of carbonyl (C=O) groups excluding carboxylic acids is 1. The summed E-state index contributed by atoms with van der Waals surface area (Å²) < 4.78 is 42.2. The Labute approximate surface area is 127 Å². The number of benzene rings is 1. The molecule has 1 amide bonds. The lowest BCUT2D eigenvalue weighted by atomic mass is 9.91. The molecule has 1 saturated carbocycles. The van der Waals surface area contributed by atoms with Gasteiger partial charge in [-0.25, -0.2) is 4.39 Å². The summed E-state index contributed by atoms with van der Waals surface area (Å²) in [4.78, 5) is 11.0. The van der Waals surface area contributed by atoms with Crippen LogP contribution in [0.2, 0.25) is 0 Å². The molecule has 1 aromatic rings. The Kier molecular flexibility index (Phi) is 5.51. The molecular weight excluding hydrogens is 297 g/mol. The third-order valence-electron chi connectivity index (χ3n) is 3.65. The predicted octanol–water partition coefficient (Wildman–Crippen LogP) is 3.29. The van der Waals surface area contributed by atoms with Gasteiger partial charge in [0.2, 0.25) is 5.91 Å². The number of amides is 1. The first-order chi connectivity index (χ1) is 10.4. The van der Waals surface area contributed by atoms with Crippen molar-refractivity contribution in [1.29, 1.82) is 0 Å². The first-order valence-electron chi connectivity index (χ1n) is 7.22. The lowest BCUT2D eigenvalue weighted by Gasteiger charge is -2.30. The number of hydrogen-bond donors (Lipinski definition) is 2. The third kappa shape index (κ3) is 4.82. The van der Waals surface area contributed by atoms with Crippen molar-refractivity contribution in [2.75, 3.05) is 5.32 Å². The molecule has 22 heavy (non-hydrogen) atoms. The van der Waals surface area contributed by atoms with Crippen LogP contribution in [-0.2, 0) is 4.79 Å². The van der Waals surface area contributed by atoms with E-state index in [0.717, 1.165) is 31.7 Å². The van der Waals surface area contributed by atoms with Gasteiger partial charge in [0, 0.05) is 25.1 Å². The topological polar surface area (TPSA) is 50.4 Å². The smallest absolute Gasteiger partial charge is 0.387 e. The lowest BCUT2D eigenvalue weighted by molar-refractivity contribution is -0.119. The van der Waals surface area contributed by atoms with Gasteiger partial charge in [-0.2, -0.15) is 8.78 Å². The average Bonchev–Trinajstić information content (AvgIpc) is 2.42. The molecule has 1 aromatic carbocycles. The van der Waals surface area contributed by atoms with E-state index < -0.39 is 12.4 Å². The molecular formula is C15H19F3N2O2. The maximum Gasteiger partial charge on any atom is 0.387 e. The van der Waals surface area contributed by atoms with Crippen molar-refractivity contribution >= 4 is 11.6 Å². The van der Waals surface area contributed by atoms with Crippen LogP contribution in [0.25, 0.3) is 0 Å². The number of carbonyl (C=O) groups is 1. The van der Waals surface area contributed by atoms with Crippen LogP contribution in [0, 0.1) is 5.82 Å². The fourth-order valence-corrected chi connectivity index (χ4v) is 2.70. The molecule has 0 heterocycles. The second kappa shape index (κ2) is 7.38. The Morgan fingerprint density at radius 2 is 1.86 bits per heavy atom. The Bertz CT molecular complexity index is 518. The second-order valence-electron chi connectivity index (χ2n) is 5.41. The van der Waals surface area contributed by atoms with Gasteiger partial charge in [-0.05, 0) is 37.8 Å². The van der Waals surface area contributed by atoms with Crippen LogP contribution in [0.15, 0.2) is 18.2 Å². The van der Waals surface area contributed by atoms with E-state index >= 15 is 0 Å². The molecule has 0 bridgehead atoms. The Hall–Kier alpha value is -1.92. The molecule has 0 spiro atoms. The van der Waals surface area contributed by atoms with Crippen molar-refractivity contribution in [3.63, 3.8) is 0 Å². The first kappa shape index (κ1) is 16.5. The minimum Gasteiger partial charge on any atom is -0.433 e. The van der Waals surface area contributed by atoms with Gasteiger partial charge in [-0.3, -0.25) is 4.79 Å². The Morgan fingerprint density at radius 1 is 1.23 bits per heavy atom. The van der Waals surface area contributed by atoms with Gasteiger partial charge >= 0.3 is 6.61 Å². The zero-order chi connectivity index (χ0) is 16.1. The van der Waals surface area contributed by atoms with Crippen molar-refractivity contribution in [2.45, 2.75) is 51.3 Å². The molecule has 7 heteroatoms. The maximum absolute atomic E-state index is 13.2. The highest BCUT2D eigenvalue weighted by Gasteiger charge is 2.22. The van der Waals surface area contributed by atoms with Crippen LogP contribution < -0.4 is 15.4 Å². The van der Waals surface area contributed by atoms with Crippen molar-refractivity contribution in [3.8, 4) is 5.75 Å². The summed E-state index contributed by atoms with van der Waals surface area (Å²) in [5.74, 6) is -0.878. The first-order valence-corrected chi connectivity index (χ1v) is 7.22. The molecule has 0 atom stereocenters. The van der Waals surface area contributed by atoms with E-state index in [1.54, 1.807) is 0 Å². The van der Waals surface area contributed by atoms with Gasteiger partial charge in [0.25, 0.3) is 0 Å². The van der Waals surface area contributed by atoms with E-state index in [2.05, 4.69) is 15.4 Å². The number of halogens is 3. The summed E-state index contributed by atoms with van der Waals surface area (Å²) in [6.07, 6.45) is 3.19. The molecule has 2 N–H and O–H groups in total. The summed E-state index contributed by atoms with van der Waals surface area (Å²) in [5, 5.41) is 5.99. The molecule has 0 saturated heterocycles. The Morgan fingerprint density at radius 3 is 2.45 bits per heavy atom. The quantitative estimate of drug-likeness (QED) is 0.876. The van der Waals surface area contributed by atoms with Crippen molar-refractivity contribution in [1.82, 2.24) is 5.32 Å². The summed E-state index contributed by atoms with van der Waals surface area (Å²) in [6.45, 7) is -1.52. The number of hydrogen-bond acceptors (Lipinski definition) is 3. The van der Waals surface area contributed by atoms with E-state index in [1.807, 2.05) is 0 Å². The van der Waals surface area contributed by atoms with Gasteiger partial charge in [0.15, 0.2) is 5.75 Å². The van der Waals surface area contributed by atoms with Gasteiger partial charge < -0.3 is 15.4 Å². The number of nitrogens with one attached hydrogen (secondary N) is 2. The van der Waals surface area contributed by atoms with E-state index in [9.17, 15) is 18.0 Å². The summed E-state index contributed by atoms with van der Waals surface area (Å²) in [5.41, 5.74) is 0.352. The molecule has 0 radical (unpaired) electrons. The minimum absolute atomic E-state index is 0.0532. The van der Waals surface area contributed by atoms with Crippen LogP contribution >= 0.6 is 0 Å². The van der Waals surface area contributed by atoms with Crippen LogP contribution in [0.4, 0.5) is 18.9 Å². The molecule has 0 aromatic heterocycles. The molecule has 1 aliphatic rings. The van der Waals surface area contributed by atoms with Gasteiger partial charge in [-0.1, -0.05) is 0 Å². The molecule has 2 rings (SSSR count). The van der Waals surface area contributed by atoms with E-state index in [4.69, 9.17) is 0 Å². The van der Waals surface area contributed by atoms with Crippen LogP contribution in [0.3, 0.4) is 0 Å². The molecule has 0 aliphatic heterocycles. The summed E-state index contributed by atoms with van der Waals surface area (Å²) in [6, 6.07) is 3.77. The predicted molar refractivity (Wildman–Crippen MR) is 76.5 cm³/mol. The Balaban J connectivity index is 1.95. The van der Waals surface area contributed by atoms with Gasteiger partial charge in [0.05, 0.1) is 5.69 Å². The monoisotopic (exact) mass is 316 g/mol. The zero-order valence-electron chi connectivity index (χ0n) is 12.2. The number of alkyl halides is 2. The fraction of sp³-hybridized carbons (Fsp3) is 0.533. The average molecular weight is 316 g/mol. The second-order valence-corrected chi connectivity index (χ2v) is 5.41. The number of ether oxygens (including phenoxy) is 1. The van der Waals surface area contributed by atoms with Gasteiger partial charge in [-0.15, -0.1) is 0 Å². The van der Waals surface area contributed by atoms with Crippen molar-refractivity contribution in [2.24, 2.45) is 0 Å². The molecule has 1 aliphatic carbocycles. The lowest BCUT2D eigenvalue weighted by Crippen LogP contribution is -2.39.